The van der Waals surface area contributed by atoms with Gasteiger partial charge in [0.2, 0.25) is 0 Å². The minimum atomic E-state index is -0.183. The predicted octanol–water partition coefficient (Wildman–Crippen LogP) is 2.72. The maximum Gasteiger partial charge on any atom is 0.268 e. The lowest BCUT2D eigenvalue weighted by Crippen LogP contribution is -2.36. The molecule has 2 N–H and O–H groups in total. The second-order valence-corrected chi connectivity index (χ2v) is 5.07. The number of nitrogens with two attached hydrogens (primary N) is 1. The van der Waals surface area contributed by atoms with Gasteiger partial charge in [-0.1, -0.05) is 26.0 Å². The molecule has 0 spiro atoms. The maximum absolute atomic E-state index is 12.2. The van der Waals surface area contributed by atoms with Gasteiger partial charge in [0.1, 0.15) is 0 Å². The first kappa shape index (κ1) is 14.2. The highest BCUT2D eigenvalue weighted by Crippen LogP contribution is 2.15. The van der Waals surface area contributed by atoms with Crippen molar-refractivity contribution in [2.24, 2.45) is 5.84 Å². The molecule has 4 heteroatoms. The van der Waals surface area contributed by atoms with Crippen molar-refractivity contribution < 1.29 is 4.79 Å². The summed E-state index contributed by atoms with van der Waals surface area (Å²) in [7, 11) is 0. The summed E-state index contributed by atoms with van der Waals surface area (Å²) in [6.07, 6.45) is 3.37. The van der Waals surface area contributed by atoms with Crippen LogP contribution >= 0.6 is 0 Å². The molecule has 2 rings (SSSR count). The summed E-state index contributed by atoms with van der Waals surface area (Å²) < 4.78 is 0. The van der Waals surface area contributed by atoms with E-state index in [0.29, 0.717) is 18.0 Å². The topological polar surface area (TPSA) is 59.2 Å². The number of amides is 1. The fourth-order valence-electron chi connectivity index (χ4n) is 1.93. The highest BCUT2D eigenvalue weighted by Gasteiger charge is 2.13. The summed E-state index contributed by atoms with van der Waals surface area (Å²) >= 11 is 0. The summed E-state index contributed by atoms with van der Waals surface area (Å²) in [5, 5.41) is 1.22. The second-order valence-electron chi connectivity index (χ2n) is 5.07. The Hall–Kier alpha value is -2.20. The van der Waals surface area contributed by atoms with E-state index in [2.05, 4.69) is 18.8 Å². The van der Waals surface area contributed by atoms with Crippen LogP contribution in [0.1, 0.15) is 41.3 Å². The molecule has 0 fully saturated rings. The number of carbonyl (C=O) groups is 1. The molecule has 2 aromatic rings. The Kier molecular flexibility index (Phi) is 4.48. The number of nitrogens with zero attached hydrogens (tertiary/aromatic N) is 2. The van der Waals surface area contributed by atoms with E-state index in [0.717, 1.165) is 5.56 Å². The monoisotopic (exact) mass is 269 g/mol. The lowest BCUT2D eigenvalue weighted by molar-refractivity contribution is 0.0743. The van der Waals surface area contributed by atoms with Crippen molar-refractivity contribution in [2.45, 2.75) is 26.3 Å². The third kappa shape index (κ3) is 3.42. The fraction of sp³-hybridized carbons (Fsp3) is 0.250. The van der Waals surface area contributed by atoms with Crippen LogP contribution in [0.3, 0.4) is 0 Å². The summed E-state index contributed by atoms with van der Waals surface area (Å²) in [6.45, 7) is 4.61. The van der Waals surface area contributed by atoms with Gasteiger partial charge in [0, 0.05) is 18.0 Å². The summed E-state index contributed by atoms with van der Waals surface area (Å²) in [5.41, 5.74) is 2.76. The molecule has 20 heavy (non-hydrogen) atoms. The molecule has 104 valence electrons. The van der Waals surface area contributed by atoms with Gasteiger partial charge in [0.25, 0.3) is 5.91 Å². The predicted molar refractivity (Wildman–Crippen MR) is 78.8 cm³/mol. The quantitative estimate of drug-likeness (QED) is 0.527. The lowest BCUT2D eigenvalue weighted by atomic mass is 10.0. The molecule has 0 radical (unpaired) electrons. The molecule has 0 bridgehead atoms. The second kappa shape index (κ2) is 6.30. The molecule has 1 aromatic carbocycles. The molecular weight excluding hydrogens is 250 g/mol. The van der Waals surface area contributed by atoms with Crippen molar-refractivity contribution in [1.82, 2.24) is 9.99 Å². The van der Waals surface area contributed by atoms with Crippen LogP contribution in [-0.4, -0.2) is 15.9 Å². The van der Waals surface area contributed by atoms with E-state index in [9.17, 15) is 4.79 Å². The molecule has 0 saturated heterocycles. The molecule has 4 nitrogen and oxygen atoms in total. The molecule has 0 unspecified atom stereocenters. The number of pyridine rings is 1. The van der Waals surface area contributed by atoms with Gasteiger partial charge in [0.05, 0.1) is 6.54 Å². The molecule has 0 atom stereocenters. The molecule has 1 heterocycles. The molecule has 0 aliphatic heterocycles. The molecule has 0 aliphatic carbocycles. The van der Waals surface area contributed by atoms with Crippen molar-refractivity contribution >= 4 is 5.91 Å². The van der Waals surface area contributed by atoms with Gasteiger partial charge < -0.3 is 0 Å². The zero-order valence-corrected chi connectivity index (χ0v) is 11.8. The first-order valence-electron chi connectivity index (χ1n) is 6.63. The van der Waals surface area contributed by atoms with Gasteiger partial charge in [-0.3, -0.25) is 14.8 Å². The number of rotatable bonds is 4. The van der Waals surface area contributed by atoms with E-state index in [1.165, 1.54) is 10.6 Å². The van der Waals surface area contributed by atoms with Gasteiger partial charge in [-0.25, -0.2) is 5.84 Å². The van der Waals surface area contributed by atoms with E-state index in [4.69, 9.17) is 5.84 Å². The summed E-state index contributed by atoms with van der Waals surface area (Å²) in [6, 6.07) is 11.3. The number of benzene rings is 1. The Bertz CT molecular complexity index is 564. The van der Waals surface area contributed by atoms with Crippen LogP contribution in [0.5, 0.6) is 0 Å². The van der Waals surface area contributed by atoms with E-state index < -0.39 is 0 Å². The van der Waals surface area contributed by atoms with Crippen molar-refractivity contribution in [3.05, 3.63) is 65.5 Å². The zero-order chi connectivity index (χ0) is 14.5. The van der Waals surface area contributed by atoms with Crippen molar-refractivity contribution in [2.75, 3.05) is 0 Å². The third-order valence-electron chi connectivity index (χ3n) is 3.19. The molecule has 0 saturated carbocycles. The van der Waals surface area contributed by atoms with Crippen LogP contribution in [0.4, 0.5) is 0 Å². The van der Waals surface area contributed by atoms with E-state index >= 15 is 0 Å². The molecule has 1 amide bonds. The van der Waals surface area contributed by atoms with Gasteiger partial charge >= 0.3 is 0 Å². The lowest BCUT2D eigenvalue weighted by Gasteiger charge is -2.17. The van der Waals surface area contributed by atoms with Crippen LogP contribution in [0.15, 0.2) is 48.8 Å². The zero-order valence-electron chi connectivity index (χ0n) is 11.8. The number of hydrogen-bond acceptors (Lipinski definition) is 3. The standard InChI is InChI=1S/C16H19N3O/c1-12(2)14-3-5-15(6-4-14)16(20)19(17)11-13-7-9-18-10-8-13/h3-10,12H,11,17H2,1-2H3. The highest BCUT2D eigenvalue weighted by molar-refractivity contribution is 5.93. The van der Waals surface area contributed by atoms with Crippen LogP contribution in [0.25, 0.3) is 0 Å². The number of carbonyl (C=O) groups excluding carboxylic acids is 1. The fourth-order valence-corrected chi connectivity index (χ4v) is 1.93. The minimum Gasteiger partial charge on any atom is -0.272 e. The number of aromatic nitrogens is 1. The van der Waals surface area contributed by atoms with Gasteiger partial charge in [-0.05, 0) is 41.3 Å². The van der Waals surface area contributed by atoms with E-state index in [-0.39, 0.29) is 5.91 Å². The average Bonchev–Trinajstić information content (AvgIpc) is 2.47. The Morgan fingerprint density at radius 2 is 1.75 bits per heavy atom. The summed E-state index contributed by atoms with van der Waals surface area (Å²) in [4.78, 5) is 16.2. The normalized spacial score (nSPS) is 10.6. The van der Waals surface area contributed by atoms with Crippen molar-refractivity contribution in [3.63, 3.8) is 0 Å². The Morgan fingerprint density at radius 1 is 1.15 bits per heavy atom. The van der Waals surface area contributed by atoms with Gasteiger partial charge in [-0.15, -0.1) is 0 Å². The van der Waals surface area contributed by atoms with E-state index in [1.807, 2.05) is 36.4 Å². The SMILES string of the molecule is CC(C)c1ccc(C(=O)N(N)Cc2ccncc2)cc1. The van der Waals surface area contributed by atoms with Crippen molar-refractivity contribution in [1.29, 1.82) is 0 Å². The number of hydrogen-bond donors (Lipinski definition) is 1. The first-order valence-corrected chi connectivity index (χ1v) is 6.63. The van der Waals surface area contributed by atoms with Gasteiger partial charge in [-0.2, -0.15) is 0 Å². The largest absolute Gasteiger partial charge is 0.272 e. The minimum absolute atomic E-state index is 0.183. The molecule has 1 aromatic heterocycles. The Balaban J connectivity index is 2.06. The smallest absolute Gasteiger partial charge is 0.268 e. The van der Waals surface area contributed by atoms with E-state index in [1.54, 1.807) is 12.4 Å². The van der Waals surface area contributed by atoms with Crippen LogP contribution in [0, 0.1) is 0 Å². The van der Waals surface area contributed by atoms with Gasteiger partial charge in [0.15, 0.2) is 0 Å². The van der Waals surface area contributed by atoms with Crippen LogP contribution in [-0.2, 0) is 6.54 Å². The number of hydrazine groups is 1. The molecule has 0 aliphatic rings. The third-order valence-corrected chi connectivity index (χ3v) is 3.19. The van der Waals surface area contributed by atoms with Crippen LogP contribution in [0.2, 0.25) is 0 Å². The summed E-state index contributed by atoms with van der Waals surface area (Å²) in [5.74, 6) is 6.11. The Morgan fingerprint density at radius 3 is 2.30 bits per heavy atom. The first-order chi connectivity index (χ1) is 9.58. The average molecular weight is 269 g/mol. The van der Waals surface area contributed by atoms with Crippen LogP contribution < -0.4 is 5.84 Å². The molecular formula is C16H19N3O. The highest BCUT2D eigenvalue weighted by atomic mass is 16.2. The maximum atomic E-state index is 12.2. The van der Waals surface area contributed by atoms with Crippen molar-refractivity contribution in [3.8, 4) is 0 Å². The Labute approximate surface area is 119 Å².